The number of rotatable bonds is 9. The Hall–Kier alpha value is -1.84. The van der Waals surface area contributed by atoms with Crippen LogP contribution >= 0.6 is 0 Å². The monoisotopic (exact) mass is 291 g/mol. The molecule has 1 rings (SSSR count). The Bertz CT molecular complexity index is 454. The Morgan fingerprint density at radius 1 is 1.14 bits per heavy atom. The minimum absolute atomic E-state index is 0.000880. The van der Waals surface area contributed by atoms with Crippen LogP contribution in [-0.4, -0.2) is 23.5 Å². The number of aryl methyl sites for hydroxylation is 1. The molecule has 0 saturated heterocycles. The van der Waals surface area contributed by atoms with Crippen molar-refractivity contribution >= 4 is 11.9 Å². The van der Waals surface area contributed by atoms with Crippen LogP contribution in [0.1, 0.15) is 45.1 Å². The molecule has 0 aliphatic carbocycles. The second kappa shape index (κ2) is 8.45. The molecule has 0 aliphatic rings. The fourth-order valence-electron chi connectivity index (χ4n) is 2.17. The zero-order valence-electron chi connectivity index (χ0n) is 12.9. The topological polar surface area (TPSA) is 66.4 Å². The van der Waals surface area contributed by atoms with Crippen molar-refractivity contribution in [2.24, 2.45) is 5.41 Å². The summed E-state index contributed by atoms with van der Waals surface area (Å²) in [5.41, 5.74) is 0.869. The van der Waals surface area contributed by atoms with Gasteiger partial charge in [0.15, 0.2) is 0 Å². The van der Waals surface area contributed by atoms with Crippen LogP contribution in [0.2, 0.25) is 0 Å². The van der Waals surface area contributed by atoms with Gasteiger partial charge in [-0.05, 0) is 31.2 Å². The van der Waals surface area contributed by atoms with Gasteiger partial charge in [-0.15, -0.1) is 0 Å². The first kappa shape index (κ1) is 17.2. The lowest BCUT2D eigenvalue weighted by atomic mass is 9.85. The third-order valence-electron chi connectivity index (χ3n) is 3.58. The highest BCUT2D eigenvalue weighted by molar-refractivity contribution is 5.81. The first-order valence-electron chi connectivity index (χ1n) is 7.46. The maximum Gasteiger partial charge on any atom is 0.303 e. The van der Waals surface area contributed by atoms with Gasteiger partial charge in [0.1, 0.15) is 0 Å². The Balaban J connectivity index is 2.28. The summed E-state index contributed by atoms with van der Waals surface area (Å²) in [6, 6.07) is 10.2. The van der Waals surface area contributed by atoms with E-state index in [4.69, 9.17) is 5.11 Å². The lowest BCUT2D eigenvalue weighted by Crippen LogP contribution is -2.37. The van der Waals surface area contributed by atoms with Gasteiger partial charge in [-0.1, -0.05) is 44.2 Å². The predicted molar refractivity (Wildman–Crippen MR) is 83.0 cm³/mol. The van der Waals surface area contributed by atoms with Crippen LogP contribution in [0.15, 0.2) is 30.3 Å². The number of hydrogen-bond donors (Lipinski definition) is 2. The molecular formula is C17H25NO3. The number of amides is 1. The molecule has 0 fully saturated rings. The Morgan fingerprint density at radius 3 is 2.43 bits per heavy atom. The number of aliphatic carboxylic acids is 1. The Kier molecular flexibility index (Phi) is 6.92. The van der Waals surface area contributed by atoms with E-state index in [1.807, 2.05) is 32.0 Å². The third-order valence-corrected chi connectivity index (χ3v) is 3.58. The molecule has 21 heavy (non-hydrogen) atoms. The number of carboxylic acid groups (broad SMARTS) is 1. The van der Waals surface area contributed by atoms with Gasteiger partial charge in [0.25, 0.3) is 0 Å². The summed E-state index contributed by atoms with van der Waals surface area (Å²) in [5, 5.41) is 11.4. The van der Waals surface area contributed by atoms with Crippen molar-refractivity contribution in [1.82, 2.24) is 5.32 Å². The summed E-state index contributed by atoms with van der Waals surface area (Å²) >= 11 is 0. The smallest absolute Gasteiger partial charge is 0.303 e. The Labute approximate surface area is 126 Å². The van der Waals surface area contributed by atoms with E-state index in [1.54, 1.807) is 0 Å². The van der Waals surface area contributed by atoms with Crippen LogP contribution in [0.25, 0.3) is 0 Å². The second-order valence-corrected chi connectivity index (χ2v) is 5.98. The number of carbonyl (C=O) groups is 2. The van der Waals surface area contributed by atoms with Gasteiger partial charge in [0.05, 0.1) is 0 Å². The van der Waals surface area contributed by atoms with Crippen LogP contribution in [0.5, 0.6) is 0 Å². The van der Waals surface area contributed by atoms with Crippen LogP contribution in [-0.2, 0) is 16.0 Å². The average Bonchev–Trinajstić information content (AvgIpc) is 2.44. The molecular weight excluding hydrogens is 266 g/mol. The molecule has 0 aliphatic heterocycles. The predicted octanol–water partition coefficient (Wildman–Crippen LogP) is 3.02. The quantitative estimate of drug-likeness (QED) is 0.687. The molecule has 2 N–H and O–H groups in total. The first-order valence-corrected chi connectivity index (χ1v) is 7.46. The highest BCUT2D eigenvalue weighted by Gasteiger charge is 2.26. The van der Waals surface area contributed by atoms with Gasteiger partial charge in [-0.2, -0.15) is 0 Å². The molecule has 0 bridgehead atoms. The van der Waals surface area contributed by atoms with Crippen LogP contribution in [0, 0.1) is 5.41 Å². The molecule has 4 heteroatoms. The largest absolute Gasteiger partial charge is 0.481 e. The molecule has 116 valence electrons. The van der Waals surface area contributed by atoms with Crippen LogP contribution < -0.4 is 5.32 Å². The number of carboxylic acids is 1. The molecule has 4 nitrogen and oxygen atoms in total. The molecule has 0 heterocycles. The van der Waals surface area contributed by atoms with E-state index in [0.717, 1.165) is 19.3 Å². The molecule has 1 aromatic rings. The Morgan fingerprint density at radius 2 is 1.81 bits per heavy atom. The molecule has 0 saturated carbocycles. The summed E-state index contributed by atoms with van der Waals surface area (Å²) in [6.45, 7) is 4.29. The lowest BCUT2D eigenvalue weighted by molar-refractivity contribution is -0.137. The molecule has 1 aromatic carbocycles. The third kappa shape index (κ3) is 6.93. The van der Waals surface area contributed by atoms with E-state index < -0.39 is 11.4 Å². The van der Waals surface area contributed by atoms with Crippen molar-refractivity contribution in [1.29, 1.82) is 0 Å². The van der Waals surface area contributed by atoms with Gasteiger partial charge in [0, 0.05) is 18.4 Å². The number of benzene rings is 1. The fourth-order valence-corrected chi connectivity index (χ4v) is 2.17. The summed E-state index contributed by atoms with van der Waals surface area (Å²) in [7, 11) is 0. The highest BCUT2D eigenvalue weighted by atomic mass is 16.4. The van der Waals surface area contributed by atoms with Crippen LogP contribution in [0.4, 0.5) is 0 Å². The molecule has 0 atom stereocenters. The van der Waals surface area contributed by atoms with Crippen molar-refractivity contribution in [2.45, 2.75) is 46.0 Å². The normalized spacial score (nSPS) is 11.1. The van der Waals surface area contributed by atoms with E-state index in [1.165, 1.54) is 5.56 Å². The molecule has 1 amide bonds. The van der Waals surface area contributed by atoms with Crippen molar-refractivity contribution in [3.63, 3.8) is 0 Å². The van der Waals surface area contributed by atoms with Crippen molar-refractivity contribution in [2.75, 3.05) is 6.54 Å². The molecule has 0 aromatic heterocycles. The zero-order valence-corrected chi connectivity index (χ0v) is 12.9. The average molecular weight is 291 g/mol. The van der Waals surface area contributed by atoms with E-state index in [0.29, 0.717) is 13.0 Å². The minimum Gasteiger partial charge on any atom is -0.481 e. The highest BCUT2D eigenvalue weighted by Crippen LogP contribution is 2.23. The lowest BCUT2D eigenvalue weighted by Gasteiger charge is -2.23. The van der Waals surface area contributed by atoms with Gasteiger partial charge >= 0.3 is 5.97 Å². The van der Waals surface area contributed by atoms with E-state index >= 15 is 0 Å². The standard InChI is InChI=1S/C17H25NO3/c1-17(2,16(21)18-13-7-11-15(19)20)12-6-10-14-8-4-3-5-9-14/h3-5,8-9H,6-7,10-13H2,1-2H3,(H,18,21)(H,19,20). The first-order chi connectivity index (χ1) is 9.92. The summed E-state index contributed by atoms with van der Waals surface area (Å²) in [6.07, 6.45) is 3.30. The second-order valence-electron chi connectivity index (χ2n) is 5.98. The van der Waals surface area contributed by atoms with Crippen LogP contribution in [0.3, 0.4) is 0 Å². The molecule has 0 radical (unpaired) electrons. The van der Waals surface area contributed by atoms with Crippen molar-refractivity contribution in [3.8, 4) is 0 Å². The maximum absolute atomic E-state index is 12.1. The van der Waals surface area contributed by atoms with Crippen molar-refractivity contribution < 1.29 is 14.7 Å². The van der Waals surface area contributed by atoms with Gasteiger partial charge in [0.2, 0.25) is 5.91 Å². The fraction of sp³-hybridized carbons (Fsp3) is 0.529. The summed E-state index contributed by atoms with van der Waals surface area (Å²) in [5.74, 6) is -0.827. The zero-order chi connectivity index (χ0) is 15.7. The summed E-state index contributed by atoms with van der Waals surface area (Å²) < 4.78 is 0. The van der Waals surface area contributed by atoms with Gasteiger partial charge in [-0.25, -0.2) is 0 Å². The number of carbonyl (C=O) groups excluding carboxylic acids is 1. The van der Waals surface area contributed by atoms with E-state index in [2.05, 4.69) is 17.4 Å². The minimum atomic E-state index is -0.827. The van der Waals surface area contributed by atoms with E-state index in [-0.39, 0.29) is 12.3 Å². The van der Waals surface area contributed by atoms with Crippen molar-refractivity contribution in [3.05, 3.63) is 35.9 Å². The van der Waals surface area contributed by atoms with Gasteiger partial charge < -0.3 is 10.4 Å². The van der Waals surface area contributed by atoms with Gasteiger partial charge in [-0.3, -0.25) is 9.59 Å². The molecule has 0 unspecified atom stereocenters. The maximum atomic E-state index is 12.1. The number of nitrogens with one attached hydrogen (secondary N) is 1. The summed E-state index contributed by atoms with van der Waals surface area (Å²) in [4.78, 5) is 22.5. The SMILES string of the molecule is CC(C)(CCCc1ccccc1)C(=O)NCCCC(=O)O. The van der Waals surface area contributed by atoms with E-state index in [9.17, 15) is 9.59 Å². The molecule has 0 spiro atoms. The number of hydrogen-bond acceptors (Lipinski definition) is 2.